The minimum absolute atomic E-state index is 0.0917. The molecule has 2 aromatic heterocycles. The summed E-state index contributed by atoms with van der Waals surface area (Å²) >= 11 is 1.25. The van der Waals surface area contributed by atoms with E-state index in [0.29, 0.717) is 27.6 Å². The highest BCUT2D eigenvalue weighted by Gasteiger charge is 2.19. The Balaban J connectivity index is 1.62. The van der Waals surface area contributed by atoms with Crippen molar-refractivity contribution in [2.75, 3.05) is 6.61 Å². The molecule has 4 rings (SSSR count). The molecule has 2 aromatic carbocycles. The molecule has 0 aliphatic heterocycles. The summed E-state index contributed by atoms with van der Waals surface area (Å²) < 4.78 is 5.52. The Morgan fingerprint density at radius 2 is 2.04 bits per heavy atom. The van der Waals surface area contributed by atoms with Crippen LogP contribution in [0.4, 0.5) is 0 Å². The van der Waals surface area contributed by atoms with Gasteiger partial charge in [0, 0.05) is 0 Å². The van der Waals surface area contributed by atoms with Crippen molar-refractivity contribution in [2.45, 2.75) is 19.4 Å². The van der Waals surface area contributed by atoms with Gasteiger partial charge in [0.2, 0.25) is 0 Å². The number of aliphatic hydroxyl groups excluding tert-OH is 1. The average Bonchev–Trinajstić information content (AvgIpc) is 3.39. The van der Waals surface area contributed by atoms with Gasteiger partial charge in [-0.1, -0.05) is 48.5 Å². The Morgan fingerprint density at radius 3 is 2.79 bits per heavy atom. The highest BCUT2D eigenvalue weighted by Crippen LogP contribution is 2.33. The van der Waals surface area contributed by atoms with Crippen LogP contribution in [0.1, 0.15) is 23.0 Å². The van der Waals surface area contributed by atoms with Crippen LogP contribution in [0.25, 0.3) is 32.8 Å². The molecule has 0 saturated carbocycles. The molecule has 4 aromatic rings. The lowest BCUT2D eigenvalue weighted by atomic mass is 10.0. The Morgan fingerprint density at radius 1 is 1.21 bits per heavy atom. The van der Waals surface area contributed by atoms with Crippen LogP contribution in [0.15, 0.2) is 59.3 Å². The van der Waals surface area contributed by atoms with Gasteiger partial charge in [0.15, 0.2) is 5.58 Å². The molecule has 0 spiro atoms. The van der Waals surface area contributed by atoms with E-state index in [1.54, 1.807) is 0 Å². The predicted octanol–water partition coefficient (Wildman–Crippen LogP) is 4.12. The number of nitrogens with one attached hydrogen (secondary N) is 1. The van der Waals surface area contributed by atoms with Crippen molar-refractivity contribution < 1.29 is 14.4 Å². The van der Waals surface area contributed by atoms with Gasteiger partial charge in [-0.3, -0.25) is 4.79 Å². The summed E-state index contributed by atoms with van der Waals surface area (Å²) in [4.78, 5) is 17.1. The number of carbonyl (C=O) groups is 1. The summed E-state index contributed by atoms with van der Waals surface area (Å²) in [6, 6.07) is 15.7. The van der Waals surface area contributed by atoms with E-state index >= 15 is 0 Å². The summed E-state index contributed by atoms with van der Waals surface area (Å²) in [6.07, 6.45) is 2.18. The highest BCUT2D eigenvalue weighted by atomic mass is 32.1. The van der Waals surface area contributed by atoms with E-state index in [2.05, 4.69) is 15.5 Å². The van der Waals surface area contributed by atoms with E-state index in [4.69, 9.17) is 4.52 Å². The molecule has 1 amide bonds. The van der Waals surface area contributed by atoms with Crippen molar-refractivity contribution in [3.05, 3.63) is 59.6 Å². The molecule has 0 radical (unpaired) electrons. The minimum Gasteiger partial charge on any atom is -0.394 e. The van der Waals surface area contributed by atoms with Crippen molar-refractivity contribution in [3.63, 3.8) is 0 Å². The molecule has 7 heteroatoms. The van der Waals surface area contributed by atoms with Gasteiger partial charge in [-0.2, -0.15) is 0 Å². The van der Waals surface area contributed by atoms with Crippen LogP contribution in [0.5, 0.6) is 0 Å². The van der Waals surface area contributed by atoms with E-state index < -0.39 is 0 Å². The summed E-state index contributed by atoms with van der Waals surface area (Å²) in [7, 11) is 0. The molecule has 1 atom stereocenters. The third-order valence-corrected chi connectivity index (χ3v) is 5.56. The Kier molecular flexibility index (Phi) is 5.18. The fraction of sp³-hybridized carbons (Fsp3) is 0.190. The fourth-order valence-electron chi connectivity index (χ4n) is 2.92. The second-order valence-corrected chi connectivity index (χ2v) is 7.43. The molecule has 0 unspecified atom stereocenters. The van der Waals surface area contributed by atoms with E-state index in [1.165, 1.54) is 17.5 Å². The first-order valence-corrected chi connectivity index (χ1v) is 9.84. The summed E-state index contributed by atoms with van der Waals surface area (Å²) in [6.45, 7) is 1.82. The number of benzene rings is 2. The van der Waals surface area contributed by atoms with Crippen LogP contribution < -0.4 is 5.32 Å². The van der Waals surface area contributed by atoms with Crippen LogP contribution in [-0.4, -0.2) is 33.8 Å². The maximum absolute atomic E-state index is 12.3. The second-order valence-electron chi connectivity index (χ2n) is 6.40. The molecule has 0 saturated heterocycles. The van der Waals surface area contributed by atoms with Crippen LogP contribution in [-0.2, 0) is 0 Å². The molecular formula is C21H19N3O3S. The quantitative estimate of drug-likeness (QED) is 0.514. The number of hydrogen-bond acceptors (Lipinski definition) is 6. The van der Waals surface area contributed by atoms with Gasteiger partial charge in [0.25, 0.3) is 5.91 Å². The number of hydrogen-bond donors (Lipinski definition) is 2. The Labute approximate surface area is 165 Å². The van der Waals surface area contributed by atoms with E-state index in [9.17, 15) is 9.90 Å². The SMILES string of the molecule is CC[C@@H](CO)NC(=O)c1cnc(-c2noc3cc(-c4ccccc4)ccc23)s1. The average molecular weight is 393 g/mol. The van der Waals surface area contributed by atoms with Crippen LogP contribution in [0.2, 0.25) is 0 Å². The number of carbonyl (C=O) groups excluding carboxylic acids is 1. The third kappa shape index (κ3) is 3.54. The van der Waals surface area contributed by atoms with Crippen molar-refractivity contribution in [1.82, 2.24) is 15.5 Å². The van der Waals surface area contributed by atoms with Gasteiger partial charge in [-0.05, 0) is 29.7 Å². The van der Waals surface area contributed by atoms with E-state index in [1.807, 2.05) is 55.5 Å². The smallest absolute Gasteiger partial charge is 0.263 e. The largest absolute Gasteiger partial charge is 0.394 e. The Bertz CT molecular complexity index is 1100. The topological polar surface area (TPSA) is 88.2 Å². The maximum Gasteiger partial charge on any atom is 0.263 e. The Hall–Kier alpha value is -3.03. The number of thiazole rings is 1. The van der Waals surface area contributed by atoms with Gasteiger partial charge in [0.1, 0.15) is 15.6 Å². The zero-order valence-corrected chi connectivity index (χ0v) is 16.1. The lowest BCUT2D eigenvalue weighted by Gasteiger charge is -2.12. The first-order chi connectivity index (χ1) is 13.7. The zero-order chi connectivity index (χ0) is 19.5. The first kappa shape index (κ1) is 18.3. The molecule has 2 heterocycles. The zero-order valence-electron chi connectivity index (χ0n) is 15.3. The molecule has 0 fully saturated rings. The third-order valence-electron chi connectivity index (χ3n) is 4.56. The van der Waals surface area contributed by atoms with E-state index in [0.717, 1.165) is 16.5 Å². The number of aliphatic hydroxyl groups is 1. The van der Waals surface area contributed by atoms with Crippen molar-refractivity contribution in [1.29, 1.82) is 0 Å². The standard InChI is InChI=1S/C21H19N3O3S/c1-2-15(12-25)23-20(26)18-11-22-21(28-18)19-16-9-8-14(10-17(16)27-24-19)13-6-4-3-5-7-13/h3-11,15,25H,2,12H2,1H3,(H,23,26)/t15-/m0/s1. The number of amides is 1. The molecular weight excluding hydrogens is 374 g/mol. The monoisotopic (exact) mass is 393 g/mol. The second kappa shape index (κ2) is 7.92. The molecule has 0 aliphatic carbocycles. The molecule has 0 bridgehead atoms. The van der Waals surface area contributed by atoms with Gasteiger partial charge in [-0.25, -0.2) is 4.98 Å². The molecule has 0 aliphatic rings. The van der Waals surface area contributed by atoms with E-state index in [-0.39, 0.29) is 18.6 Å². The summed E-state index contributed by atoms with van der Waals surface area (Å²) in [5.41, 5.74) is 3.44. The number of aromatic nitrogens is 2. The van der Waals surface area contributed by atoms with Crippen molar-refractivity contribution in [2.24, 2.45) is 0 Å². The maximum atomic E-state index is 12.3. The molecule has 6 nitrogen and oxygen atoms in total. The lowest BCUT2D eigenvalue weighted by Crippen LogP contribution is -2.36. The van der Waals surface area contributed by atoms with Crippen LogP contribution >= 0.6 is 11.3 Å². The van der Waals surface area contributed by atoms with Crippen molar-refractivity contribution in [3.8, 4) is 21.8 Å². The fourth-order valence-corrected chi connectivity index (χ4v) is 3.74. The number of nitrogens with zero attached hydrogens (tertiary/aromatic N) is 2. The predicted molar refractivity (Wildman–Crippen MR) is 109 cm³/mol. The normalized spacial score (nSPS) is 12.2. The van der Waals surface area contributed by atoms with Gasteiger partial charge >= 0.3 is 0 Å². The van der Waals surface area contributed by atoms with Gasteiger partial charge < -0.3 is 14.9 Å². The van der Waals surface area contributed by atoms with Gasteiger partial charge in [0.05, 0.1) is 24.2 Å². The number of rotatable bonds is 6. The van der Waals surface area contributed by atoms with Crippen LogP contribution in [0, 0.1) is 0 Å². The highest BCUT2D eigenvalue weighted by molar-refractivity contribution is 7.17. The van der Waals surface area contributed by atoms with Crippen molar-refractivity contribution >= 4 is 28.2 Å². The number of fused-ring (bicyclic) bond motifs is 1. The summed E-state index contributed by atoms with van der Waals surface area (Å²) in [5.74, 6) is -0.246. The minimum atomic E-state index is -0.262. The molecule has 142 valence electrons. The molecule has 2 N–H and O–H groups in total. The first-order valence-electron chi connectivity index (χ1n) is 9.02. The van der Waals surface area contributed by atoms with Gasteiger partial charge in [-0.15, -0.1) is 11.3 Å². The lowest BCUT2D eigenvalue weighted by molar-refractivity contribution is 0.0919. The summed E-state index contributed by atoms with van der Waals surface area (Å²) in [5, 5.41) is 17.7. The molecule has 28 heavy (non-hydrogen) atoms. The van der Waals surface area contributed by atoms with Crippen LogP contribution in [0.3, 0.4) is 0 Å².